The molecule has 0 saturated carbocycles. The minimum Gasteiger partial charge on any atom is -0.469 e. The molecule has 0 radical (unpaired) electrons. The average Bonchev–Trinajstić information content (AvgIpc) is 2.03. The average molecular weight is 174 g/mol. The van der Waals surface area contributed by atoms with E-state index in [1.807, 2.05) is 0 Å². The van der Waals surface area contributed by atoms with Crippen LogP contribution >= 0.6 is 0 Å². The van der Waals surface area contributed by atoms with Crippen molar-refractivity contribution in [3.05, 3.63) is 12.7 Å². The van der Waals surface area contributed by atoms with Gasteiger partial charge in [-0.05, 0) is 0 Å². The molecular formula is C8H14O4. The Morgan fingerprint density at radius 2 is 2.25 bits per heavy atom. The summed E-state index contributed by atoms with van der Waals surface area (Å²) in [5, 5.41) is 18.1. The molecule has 0 aliphatic carbocycles. The SMILES string of the molecule is C=CC(O)C[C@@H](O)CC(=O)OC. The van der Waals surface area contributed by atoms with E-state index in [1.54, 1.807) is 0 Å². The van der Waals surface area contributed by atoms with Crippen molar-refractivity contribution in [3.63, 3.8) is 0 Å². The molecular weight excluding hydrogens is 160 g/mol. The minimum absolute atomic E-state index is 0.0958. The summed E-state index contributed by atoms with van der Waals surface area (Å²) in [6.45, 7) is 3.34. The third-order valence-electron chi connectivity index (χ3n) is 1.42. The highest BCUT2D eigenvalue weighted by Crippen LogP contribution is 2.03. The van der Waals surface area contributed by atoms with Crippen LogP contribution in [0.4, 0.5) is 0 Å². The van der Waals surface area contributed by atoms with Crippen molar-refractivity contribution >= 4 is 5.97 Å². The fourth-order valence-electron chi connectivity index (χ4n) is 0.734. The molecule has 4 heteroatoms. The van der Waals surface area contributed by atoms with E-state index in [1.165, 1.54) is 13.2 Å². The second-order valence-electron chi connectivity index (χ2n) is 2.47. The highest BCUT2D eigenvalue weighted by molar-refractivity contribution is 5.69. The molecule has 0 aromatic rings. The van der Waals surface area contributed by atoms with E-state index in [2.05, 4.69) is 11.3 Å². The number of esters is 1. The molecule has 0 aliphatic heterocycles. The van der Waals surface area contributed by atoms with E-state index in [-0.39, 0.29) is 12.8 Å². The number of methoxy groups -OCH3 is 1. The van der Waals surface area contributed by atoms with Crippen LogP contribution in [-0.4, -0.2) is 35.5 Å². The van der Waals surface area contributed by atoms with Crippen LogP contribution in [0.3, 0.4) is 0 Å². The first-order valence-electron chi connectivity index (χ1n) is 3.65. The van der Waals surface area contributed by atoms with E-state index in [0.717, 1.165) is 0 Å². The fourth-order valence-corrected chi connectivity index (χ4v) is 0.734. The van der Waals surface area contributed by atoms with Gasteiger partial charge < -0.3 is 14.9 Å². The van der Waals surface area contributed by atoms with Crippen LogP contribution in [0.15, 0.2) is 12.7 Å². The molecule has 0 aromatic carbocycles. The molecule has 4 nitrogen and oxygen atoms in total. The summed E-state index contributed by atoms with van der Waals surface area (Å²) in [6.07, 6.45) is -0.323. The Kier molecular flexibility index (Phi) is 5.32. The Morgan fingerprint density at radius 3 is 2.67 bits per heavy atom. The topological polar surface area (TPSA) is 66.8 Å². The standard InChI is InChI=1S/C8H14O4/c1-3-6(9)4-7(10)5-8(11)12-2/h3,6-7,9-10H,1,4-5H2,2H3/t6?,7-/m1/s1. The smallest absolute Gasteiger partial charge is 0.308 e. The number of carbonyl (C=O) groups is 1. The lowest BCUT2D eigenvalue weighted by Gasteiger charge is -2.10. The lowest BCUT2D eigenvalue weighted by Crippen LogP contribution is -2.19. The first-order chi connectivity index (χ1) is 5.60. The van der Waals surface area contributed by atoms with Gasteiger partial charge >= 0.3 is 5.97 Å². The van der Waals surface area contributed by atoms with Crippen LogP contribution in [0.25, 0.3) is 0 Å². The molecule has 1 unspecified atom stereocenters. The largest absolute Gasteiger partial charge is 0.469 e. The highest BCUT2D eigenvalue weighted by atomic mass is 16.5. The summed E-state index contributed by atoms with van der Waals surface area (Å²) in [6, 6.07) is 0. The summed E-state index contributed by atoms with van der Waals surface area (Å²) in [5.41, 5.74) is 0. The van der Waals surface area contributed by atoms with Gasteiger partial charge in [0, 0.05) is 6.42 Å². The van der Waals surface area contributed by atoms with Gasteiger partial charge in [-0.25, -0.2) is 0 Å². The maximum absolute atomic E-state index is 10.6. The van der Waals surface area contributed by atoms with E-state index in [9.17, 15) is 4.79 Å². The molecule has 0 aliphatic rings. The number of ether oxygens (including phenoxy) is 1. The number of hydrogen-bond acceptors (Lipinski definition) is 4. The Morgan fingerprint density at radius 1 is 1.67 bits per heavy atom. The first kappa shape index (κ1) is 11.1. The van der Waals surface area contributed by atoms with Gasteiger partial charge in [0.25, 0.3) is 0 Å². The van der Waals surface area contributed by atoms with E-state index >= 15 is 0 Å². The van der Waals surface area contributed by atoms with Crippen molar-refractivity contribution in [1.82, 2.24) is 0 Å². The molecule has 0 bridgehead atoms. The lowest BCUT2D eigenvalue weighted by molar-refractivity contribution is -0.143. The fraction of sp³-hybridized carbons (Fsp3) is 0.625. The Hall–Kier alpha value is -0.870. The summed E-state index contributed by atoms with van der Waals surface area (Å²) in [4.78, 5) is 10.6. The van der Waals surface area contributed by atoms with Crippen molar-refractivity contribution in [1.29, 1.82) is 0 Å². The normalized spacial score (nSPS) is 14.9. The van der Waals surface area contributed by atoms with E-state index in [0.29, 0.717) is 0 Å². The van der Waals surface area contributed by atoms with Crippen molar-refractivity contribution in [2.45, 2.75) is 25.0 Å². The van der Waals surface area contributed by atoms with Crippen LogP contribution in [0, 0.1) is 0 Å². The molecule has 0 fully saturated rings. The Bertz CT molecular complexity index is 155. The van der Waals surface area contributed by atoms with E-state index in [4.69, 9.17) is 10.2 Å². The second-order valence-corrected chi connectivity index (χ2v) is 2.47. The quantitative estimate of drug-likeness (QED) is 0.449. The highest BCUT2D eigenvalue weighted by Gasteiger charge is 2.13. The second kappa shape index (κ2) is 5.74. The maximum Gasteiger partial charge on any atom is 0.308 e. The van der Waals surface area contributed by atoms with Crippen LogP contribution in [0.1, 0.15) is 12.8 Å². The van der Waals surface area contributed by atoms with Crippen LogP contribution in [0.5, 0.6) is 0 Å². The number of hydrogen-bond donors (Lipinski definition) is 2. The van der Waals surface area contributed by atoms with Crippen LogP contribution < -0.4 is 0 Å². The monoisotopic (exact) mass is 174 g/mol. The van der Waals surface area contributed by atoms with Crippen LogP contribution in [-0.2, 0) is 9.53 Å². The van der Waals surface area contributed by atoms with Gasteiger partial charge in [-0.15, -0.1) is 6.58 Å². The van der Waals surface area contributed by atoms with E-state index < -0.39 is 18.2 Å². The van der Waals surface area contributed by atoms with Gasteiger partial charge in [0.15, 0.2) is 0 Å². The van der Waals surface area contributed by atoms with Crippen molar-refractivity contribution in [3.8, 4) is 0 Å². The number of aliphatic hydroxyl groups is 2. The molecule has 2 atom stereocenters. The summed E-state index contributed by atoms with van der Waals surface area (Å²) in [5.74, 6) is -0.487. The molecule has 70 valence electrons. The maximum atomic E-state index is 10.6. The zero-order valence-electron chi connectivity index (χ0n) is 7.06. The van der Waals surface area contributed by atoms with Crippen molar-refractivity contribution in [2.24, 2.45) is 0 Å². The van der Waals surface area contributed by atoms with Crippen LogP contribution in [0.2, 0.25) is 0 Å². The lowest BCUT2D eigenvalue weighted by atomic mass is 10.1. The number of aliphatic hydroxyl groups excluding tert-OH is 2. The molecule has 0 spiro atoms. The molecule has 0 aromatic heterocycles. The molecule has 12 heavy (non-hydrogen) atoms. The van der Waals surface area contributed by atoms with Gasteiger partial charge in [0.05, 0.1) is 25.7 Å². The predicted molar refractivity (Wildman–Crippen MR) is 43.5 cm³/mol. The third kappa shape index (κ3) is 4.87. The van der Waals surface area contributed by atoms with Crippen molar-refractivity contribution < 1.29 is 19.7 Å². The van der Waals surface area contributed by atoms with Crippen molar-refractivity contribution in [2.75, 3.05) is 7.11 Å². The third-order valence-corrected chi connectivity index (χ3v) is 1.42. The minimum atomic E-state index is -0.870. The molecule has 2 N–H and O–H groups in total. The van der Waals surface area contributed by atoms with Gasteiger partial charge in [0.2, 0.25) is 0 Å². The van der Waals surface area contributed by atoms with Gasteiger partial charge in [0.1, 0.15) is 0 Å². The van der Waals surface area contributed by atoms with Gasteiger partial charge in [-0.1, -0.05) is 6.08 Å². The first-order valence-corrected chi connectivity index (χ1v) is 3.65. The van der Waals surface area contributed by atoms with Gasteiger partial charge in [-0.3, -0.25) is 4.79 Å². The summed E-state index contributed by atoms with van der Waals surface area (Å²) >= 11 is 0. The van der Waals surface area contributed by atoms with Gasteiger partial charge in [-0.2, -0.15) is 0 Å². The summed E-state index contributed by atoms with van der Waals surface area (Å²) < 4.78 is 4.33. The predicted octanol–water partition coefficient (Wildman–Crippen LogP) is -0.153. The Balaban J connectivity index is 3.65. The summed E-state index contributed by atoms with van der Waals surface area (Å²) in [7, 11) is 1.25. The molecule has 0 saturated heterocycles. The number of carbonyl (C=O) groups excluding carboxylic acids is 1. The zero-order chi connectivity index (χ0) is 9.56. The molecule has 0 rings (SSSR count). The molecule has 0 heterocycles. The Labute approximate surface area is 71.5 Å². The zero-order valence-corrected chi connectivity index (χ0v) is 7.06. The molecule has 0 amide bonds. The number of rotatable bonds is 5.